The van der Waals surface area contributed by atoms with Gasteiger partial charge in [-0.15, -0.1) is 10.2 Å². The van der Waals surface area contributed by atoms with E-state index < -0.39 is 0 Å². The van der Waals surface area contributed by atoms with Crippen molar-refractivity contribution in [1.29, 1.82) is 0 Å². The molecule has 2 heterocycles. The zero-order chi connectivity index (χ0) is 20.9. The zero-order valence-corrected chi connectivity index (χ0v) is 18.1. The monoisotopic (exact) mass is 428 g/mol. The van der Waals surface area contributed by atoms with Gasteiger partial charge in [0.2, 0.25) is 5.91 Å². The van der Waals surface area contributed by atoms with Crippen molar-refractivity contribution in [2.45, 2.75) is 68.8 Å². The molecule has 8 heteroatoms. The fraction of sp³-hybridized carbons (Fsp3) is 0.636. The van der Waals surface area contributed by atoms with Crippen LogP contribution < -0.4 is 5.73 Å². The number of aromatic nitrogens is 3. The lowest BCUT2D eigenvalue weighted by molar-refractivity contribution is -0.143. The molecule has 2 aromatic rings. The van der Waals surface area contributed by atoms with Gasteiger partial charge in [-0.1, -0.05) is 11.8 Å². The number of carbonyl (C=O) groups is 2. The fourth-order valence-electron chi connectivity index (χ4n) is 6.44. The van der Waals surface area contributed by atoms with Crippen LogP contribution in [0.3, 0.4) is 0 Å². The van der Waals surface area contributed by atoms with Gasteiger partial charge in [0.15, 0.2) is 22.5 Å². The molecule has 0 spiro atoms. The summed E-state index contributed by atoms with van der Waals surface area (Å²) in [6, 6.07) is 3.59. The minimum absolute atomic E-state index is 0.136. The smallest absolute Gasteiger partial charge is 0.219 e. The number of nitrogens with zero attached hydrogens (tertiary/aromatic N) is 3. The van der Waals surface area contributed by atoms with Crippen molar-refractivity contribution in [3.8, 4) is 11.6 Å². The summed E-state index contributed by atoms with van der Waals surface area (Å²) in [4.78, 5) is 25.0. The normalized spacial score (nSPS) is 30.5. The molecule has 4 saturated carbocycles. The molecule has 4 aliphatic rings. The van der Waals surface area contributed by atoms with Crippen molar-refractivity contribution < 1.29 is 14.0 Å². The summed E-state index contributed by atoms with van der Waals surface area (Å²) in [7, 11) is 0. The summed E-state index contributed by atoms with van der Waals surface area (Å²) in [5.41, 5.74) is 5.23. The number of carbonyl (C=O) groups excluding carboxylic acids is 2. The lowest BCUT2D eigenvalue weighted by Crippen LogP contribution is -2.51. The highest BCUT2D eigenvalue weighted by Gasteiger charge is 2.55. The quantitative estimate of drug-likeness (QED) is 0.643. The van der Waals surface area contributed by atoms with Crippen LogP contribution in [-0.2, 0) is 16.1 Å². The van der Waals surface area contributed by atoms with Crippen molar-refractivity contribution in [2.24, 2.45) is 28.9 Å². The van der Waals surface area contributed by atoms with Crippen LogP contribution in [0.25, 0.3) is 11.6 Å². The second kappa shape index (κ2) is 7.55. The Morgan fingerprint density at radius 2 is 1.90 bits per heavy atom. The molecule has 2 aromatic heterocycles. The highest BCUT2D eigenvalue weighted by molar-refractivity contribution is 8.00. The number of ketones is 1. The van der Waals surface area contributed by atoms with Gasteiger partial charge >= 0.3 is 0 Å². The molecule has 4 aliphatic carbocycles. The molecular weight excluding hydrogens is 400 g/mol. The standard InChI is InChI=1S/C22H28N4O3S/c1-13(19(28)22-10-14-7-15(11-22)9-16(8-14)12-22)30-21-25-24-20(17-3-2-6-29-17)26(21)5-4-18(23)27/h2-3,6,13-16H,4-5,7-12H2,1H3,(H2,23,27). The molecule has 160 valence electrons. The number of furan rings is 1. The van der Waals surface area contributed by atoms with Crippen LogP contribution in [-0.4, -0.2) is 31.7 Å². The van der Waals surface area contributed by atoms with Crippen LogP contribution in [0.5, 0.6) is 0 Å². The van der Waals surface area contributed by atoms with Gasteiger partial charge in [0.05, 0.1) is 11.5 Å². The first kappa shape index (κ1) is 19.8. The van der Waals surface area contributed by atoms with Crippen LogP contribution in [0, 0.1) is 23.2 Å². The Bertz CT molecular complexity index is 916. The van der Waals surface area contributed by atoms with Crippen molar-refractivity contribution in [3.05, 3.63) is 18.4 Å². The van der Waals surface area contributed by atoms with Crippen molar-refractivity contribution >= 4 is 23.5 Å². The summed E-state index contributed by atoms with van der Waals surface area (Å²) in [5, 5.41) is 9.03. The summed E-state index contributed by atoms with van der Waals surface area (Å²) in [6.45, 7) is 2.35. The Morgan fingerprint density at radius 3 is 2.47 bits per heavy atom. The first-order valence-electron chi connectivity index (χ1n) is 10.9. The molecule has 0 saturated heterocycles. The maximum atomic E-state index is 13.6. The van der Waals surface area contributed by atoms with Gasteiger partial charge in [0.1, 0.15) is 0 Å². The average molecular weight is 429 g/mol. The van der Waals surface area contributed by atoms with Gasteiger partial charge in [0, 0.05) is 18.4 Å². The topological polar surface area (TPSA) is 104 Å². The lowest BCUT2D eigenvalue weighted by Gasteiger charge is -2.56. The van der Waals surface area contributed by atoms with Gasteiger partial charge in [-0.05, 0) is 75.3 Å². The van der Waals surface area contributed by atoms with Crippen molar-refractivity contribution in [2.75, 3.05) is 0 Å². The summed E-state index contributed by atoms with van der Waals surface area (Å²) >= 11 is 1.44. The summed E-state index contributed by atoms with van der Waals surface area (Å²) in [6.07, 6.45) is 8.91. The van der Waals surface area contributed by atoms with Gasteiger partial charge in [0.25, 0.3) is 0 Å². The van der Waals surface area contributed by atoms with Crippen LogP contribution >= 0.6 is 11.8 Å². The second-order valence-electron chi connectivity index (χ2n) is 9.47. The molecule has 4 bridgehead atoms. The first-order valence-corrected chi connectivity index (χ1v) is 11.8. The largest absolute Gasteiger partial charge is 0.461 e. The van der Waals surface area contributed by atoms with Crippen LogP contribution in [0.4, 0.5) is 0 Å². The number of hydrogen-bond donors (Lipinski definition) is 1. The number of rotatable bonds is 8. The Balaban J connectivity index is 1.37. The van der Waals surface area contributed by atoms with Crippen molar-refractivity contribution in [1.82, 2.24) is 14.8 Å². The minimum Gasteiger partial charge on any atom is -0.461 e. The third-order valence-corrected chi connectivity index (χ3v) is 8.33. The van der Waals surface area contributed by atoms with E-state index in [4.69, 9.17) is 10.2 Å². The Morgan fingerprint density at radius 1 is 1.23 bits per heavy atom. The summed E-state index contributed by atoms with van der Waals surface area (Å²) in [5.74, 6) is 3.34. The van der Waals surface area contributed by atoms with E-state index in [9.17, 15) is 9.59 Å². The van der Waals surface area contributed by atoms with Gasteiger partial charge in [-0.2, -0.15) is 0 Å². The number of Topliss-reactive ketones (excluding diaryl/α,β-unsaturated/α-hetero) is 1. The molecule has 0 aliphatic heterocycles. The van der Waals surface area contributed by atoms with E-state index in [1.807, 2.05) is 17.6 Å². The predicted molar refractivity (Wildman–Crippen MR) is 112 cm³/mol. The number of thioether (sulfide) groups is 1. The number of nitrogens with two attached hydrogens (primary N) is 1. The third kappa shape index (κ3) is 3.49. The molecule has 1 amide bonds. The minimum atomic E-state index is -0.386. The van der Waals surface area contributed by atoms with E-state index in [0.717, 1.165) is 37.0 Å². The number of amides is 1. The third-order valence-electron chi connectivity index (χ3n) is 7.25. The number of primary amides is 1. The second-order valence-corrected chi connectivity index (χ2v) is 10.8. The molecule has 7 nitrogen and oxygen atoms in total. The van der Waals surface area contributed by atoms with Gasteiger partial charge in [-0.3, -0.25) is 14.2 Å². The molecular formula is C22H28N4O3S. The van der Waals surface area contributed by atoms with Crippen LogP contribution in [0.1, 0.15) is 51.9 Å². The van der Waals surface area contributed by atoms with Crippen LogP contribution in [0.2, 0.25) is 0 Å². The van der Waals surface area contributed by atoms with E-state index in [2.05, 4.69) is 10.2 Å². The molecule has 4 fully saturated rings. The van der Waals surface area contributed by atoms with Gasteiger partial charge < -0.3 is 10.2 Å². The Hall–Kier alpha value is -2.09. The van der Waals surface area contributed by atoms with E-state index >= 15 is 0 Å². The molecule has 0 radical (unpaired) electrons. The molecule has 6 rings (SSSR count). The highest BCUT2D eigenvalue weighted by atomic mass is 32.2. The van der Waals surface area contributed by atoms with E-state index in [1.165, 1.54) is 31.0 Å². The van der Waals surface area contributed by atoms with E-state index in [0.29, 0.717) is 29.1 Å². The average Bonchev–Trinajstić information content (AvgIpc) is 3.34. The molecule has 2 N–H and O–H groups in total. The van der Waals surface area contributed by atoms with E-state index in [-0.39, 0.29) is 23.0 Å². The molecule has 0 aromatic carbocycles. The molecule has 1 atom stereocenters. The fourth-order valence-corrected chi connectivity index (χ4v) is 7.51. The predicted octanol–water partition coefficient (Wildman–Crippen LogP) is 3.68. The number of hydrogen-bond acceptors (Lipinski definition) is 6. The Labute approximate surface area is 180 Å². The molecule has 30 heavy (non-hydrogen) atoms. The van der Waals surface area contributed by atoms with Gasteiger partial charge in [-0.25, -0.2) is 0 Å². The lowest BCUT2D eigenvalue weighted by atomic mass is 9.48. The zero-order valence-electron chi connectivity index (χ0n) is 17.3. The SMILES string of the molecule is CC(Sc1nnc(-c2ccco2)n1CCC(N)=O)C(=O)C12CC3CC(CC(C3)C1)C2. The maximum absolute atomic E-state index is 13.6. The maximum Gasteiger partial charge on any atom is 0.219 e. The Kier molecular flexibility index (Phi) is 5.00. The molecule has 1 unspecified atom stereocenters. The summed E-state index contributed by atoms with van der Waals surface area (Å²) < 4.78 is 7.33. The highest BCUT2D eigenvalue weighted by Crippen LogP contribution is 2.61. The first-order chi connectivity index (χ1) is 14.4. The van der Waals surface area contributed by atoms with Crippen molar-refractivity contribution in [3.63, 3.8) is 0 Å². The van der Waals surface area contributed by atoms with E-state index in [1.54, 1.807) is 12.3 Å². The van der Waals surface area contributed by atoms with Crippen LogP contribution in [0.15, 0.2) is 28.0 Å².